The van der Waals surface area contributed by atoms with Gasteiger partial charge in [0.05, 0.1) is 0 Å². The zero-order chi connectivity index (χ0) is 13.1. The van der Waals surface area contributed by atoms with Gasteiger partial charge in [-0.05, 0) is 51.6 Å². The minimum Gasteiger partial charge on any atom is -0.354 e. The van der Waals surface area contributed by atoms with Gasteiger partial charge in [0.2, 0.25) is 5.91 Å². The van der Waals surface area contributed by atoms with E-state index in [0.717, 1.165) is 32.4 Å². The van der Waals surface area contributed by atoms with Crippen LogP contribution in [0.3, 0.4) is 0 Å². The first-order valence-electron chi connectivity index (χ1n) is 7.31. The van der Waals surface area contributed by atoms with Crippen molar-refractivity contribution in [2.45, 2.75) is 51.1 Å². The molecule has 4 heteroatoms. The number of carbonyl (C=O) groups excluding carboxylic acids is 1. The largest absolute Gasteiger partial charge is 0.354 e. The molecule has 0 spiro atoms. The highest BCUT2D eigenvalue weighted by Crippen LogP contribution is 2.29. The molecule has 2 fully saturated rings. The Balaban J connectivity index is 1.77. The molecule has 3 N–H and O–H groups in total. The third-order valence-corrected chi connectivity index (χ3v) is 4.73. The SMILES string of the molecule is CC1CC(N)CCC1C(=O)NCC1CCCN1C. The second-order valence-electron chi connectivity index (χ2n) is 6.18. The molecule has 1 amide bonds. The second-order valence-corrected chi connectivity index (χ2v) is 6.18. The lowest BCUT2D eigenvalue weighted by Gasteiger charge is -2.32. The molecule has 0 aromatic carbocycles. The van der Waals surface area contributed by atoms with Crippen LogP contribution in [0.25, 0.3) is 0 Å². The molecule has 4 unspecified atom stereocenters. The van der Waals surface area contributed by atoms with E-state index in [-0.39, 0.29) is 11.8 Å². The molecule has 0 bridgehead atoms. The monoisotopic (exact) mass is 253 g/mol. The van der Waals surface area contributed by atoms with Gasteiger partial charge in [-0.25, -0.2) is 0 Å². The lowest BCUT2D eigenvalue weighted by atomic mass is 9.78. The van der Waals surface area contributed by atoms with Crippen LogP contribution < -0.4 is 11.1 Å². The van der Waals surface area contributed by atoms with Gasteiger partial charge in [-0.15, -0.1) is 0 Å². The first kappa shape index (κ1) is 13.8. The maximum atomic E-state index is 12.2. The second kappa shape index (κ2) is 6.02. The maximum Gasteiger partial charge on any atom is 0.223 e. The van der Waals surface area contributed by atoms with Crippen molar-refractivity contribution in [3.05, 3.63) is 0 Å². The molecule has 1 heterocycles. The van der Waals surface area contributed by atoms with E-state index in [9.17, 15) is 4.79 Å². The van der Waals surface area contributed by atoms with Crippen LogP contribution in [-0.2, 0) is 4.79 Å². The normalized spacial score (nSPS) is 37.7. The third kappa shape index (κ3) is 3.23. The number of nitrogens with zero attached hydrogens (tertiary/aromatic N) is 1. The van der Waals surface area contributed by atoms with E-state index in [2.05, 4.69) is 24.2 Å². The van der Waals surface area contributed by atoms with Crippen LogP contribution in [0.15, 0.2) is 0 Å². The summed E-state index contributed by atoms with van der Waals surface area (Å²) < 4.78 is 0. The smallest absolute Gasteiger partial charge is 0.223 e. The molecular weight excluding hydrogens is 226 g/mol. The first-order chi connectivity index (χ1) is 8.58. The Hall–Kier alpha value is -0.610. The average Bonchev–Trinajstić information content (AvgIpc) is 2.72. The van der Waals surface area contributed by atoms with Crippen LogP contribution >= 0.6 is 0 Å². The summed E-state index contributed by atoms with van der Waals surface area (Å²) in [5.74, 6) is 0.848. The van der Waals surface area contributed by atoms with Gasteiger partial charge in [0.25, 0.3) is 0 Å². The third-order valence-electron chi connectivity index (χ3n) is 4.73. The topological polar surface area (TPSA) is 58.4 Å². The number of carbonyl (C=O) groups is 1. The van der Waals surface area contributed by atoms with Crippen LogP contribution in [0.4, 0.5) is 0 Å². The van der Waals surface area contributed by atoms with Gasteiger partial charge in [0, 0.05) is 24.5 Å². The highest BCUT2D eigenvalue weighted by molar-refractivity contribution is 5.79. The molecule has 4 atom stereocenters. The number of nitrogens with one attached hydrogen (secondary N) is 1. The molecule has 104 valence electrons. The fraction of sp³-hybridized carbons (Fsp3) is 0.929. The number of rotatable bonds is 3. The van der Waals surface area contributed by atoms with Crippen molar-refractivity contribution >= 4 is 5.91 Å². The quantitative estimate of drug-likeness (QED) is 0.787. The maximum absolute atomic E-state index is 12.2. The minimum atomic E-state index is 0.177. The van der Waals surface area contributed by atoms with Crippen molar-refractivity contribution in [1.29, 1.82) is 0 Å². The average molecular weight is 253 g/mol. The molecular formula is C14H27N3O. The number of amides is 1. The van der Waals surface area contributed by atoms with Crippen molar-refractivity contribution in [1.82, 2.24) is 10.2 Å². The Morgan fingerprint density at radius 2 is 2.17 bits per heavy atom. The first-order valence-corrected chi connectivity index (χ1v) is 7.31. The van der Waals surface area contributed by atoms with Gasteiger partial charge in [-0.2, -0.15) is 0 Å². The standard InChI is InChI=1S/C14H27N3O/c1-10-8-11(15)5-6-13(10)14(18)16-9-12-4-3-7-17(12)2/h10-13H,3-9,15H2,1-2H3,(H,16,18). The van der Waals surface area contributed by atoms with Crippen molar-refractivity contribution in [2.75, 3.05) is 20.1 Å². The van der Waals surface area contributed by atoms with E-state index in [1.807, 2.05) is 0 Å². The predicted molar refractivity (Wildman–Crippen MR) is 73.1 cm³/mol. The molecule has 2 aliphatic rings. The summed E-state index contributed by atoms with van der Waals surface area (Å²) in [7, 11) is 2.14. The highest BCUT2D eigenvalue weighted by Gasteiger charge is 2.31. The Morgan fingerprint density at radius 3 is 2.78 bits per heavy atom. The van der Waals surface area contributed by atoms with E-state index in [1.54, 1.807) is 0 Å². The van der Waals surface area contributed by atoms with Crippen LogP contribution in [0.2, 0.25) is 0 Å². The van der Waals surface area contributed by atoms with Crippen molar-refractivity contribution in [2.24, 2.45) is 17.6 Å². The van der Waals surface area contributed by atoms with Crippen molar-refractivity contribution < 1.29 is 4.79 Å². The number of likely N-dealkylation sites (tertiary alicyclic amines) is 1. The Labute approximate surface area is 110 Å². The van der Waals surface area contributed by atoms with E-state index in [1.165, 1.54) is 12.8 Å². The Bertz CT molecular complexity index is 295. The van der Waals surface area contributed by atoms with Crippen LogP contribution in [0.1, 0.15) is 39.0 Å². The molecule has 1 saturated heterocycles. The van der Waals surface area contributed by atoms with Crippen LogP contribution in [0, 0.1) is 11.8 Å². The number of hydrogen-bond acceptors (Lipinski definition) is 3. The number of nitrogens with two attached hydrogens (primary N) is 1. The van der Waals surface area contributed by atoms with E-state index >= 15 is 0 Å². The van der Waals surface area contributed by atoms with Crippen molar-refractivity contribution in [3.63, 3.8) is 0 Å². The number of likely N-dealkylation sites (N-methyl/N-ethyl adjacent to an activating group) is 1. The van der Waals surface area contributed by atoms with Crippen molar-refractivity contribution in [3.8, 4) is 0 Å². The summed E-state index contributed by atoms with van der Waals surface area (Å²) in [5.41, 5.74) is 5.94. The summed E-state index contributed by atoms with van der Waals surface area (Å²) in [6, 6.07) is 0.833. The molecule has 0 aromatic rings. The van der Waals surface area contributed by atoms with Gasteiger partial charge < -0.3 is 16.0 Å². The fourth-order valence-electron chi connectivity index (χ4n) is 3.41. The molecule has 1 aliphatic carbocycles. The van der Waals surface area contributed by atoms with Gasteiger partial charge in [0.15, 0.2) is 0 Å². The van der Waals surface area contributed by atoms with Gasteiger partial charge in [-0.3, -0.25) is 4.79 Å². The van der Waals surface area contributed by atoms with Gasteiger partial charge in [-0.1, -0.05) is 6.92 Å². The Kier molecular flexibility index (Phi) is 4.62. The number of hydrogen-bond donors (Lipinski definition) is 2. The van der Waals surface area contributed by atoms with E-state index in [4.69, 9.17) is 5.73 Å². The zero-order valence-corrected chi connectivity index (χ0v) is 11.7. The fourth-order valence-corrected chi connectivity index (χ4v) is 3.41. The summed E-state index contributed by atoms with van der Waals surface area (Å²) in [6.07, 6.45) is 5.40. The summed E-state index contributed by atoms with van der Waals surface area (Å²) >= 11 is 0. The molecule has 4 nitrogen and oxygen atoms in total. The minimum absolute atomic E-state index is 0.177. The molecule has 2 rings (SSSR count). The lowest BCUT2D eigenvalue weighted by molar-refractivity contribution is -0.127. The summed E-state index contributed by atoms with van der Waals surface area (Å²) in [4.78, 5) is 14.6. The molecule has 1 aliphatic heterocycles. The molecule has 1 saturated carbocycles. The van der Waals surface area contributed by atoms with Gasteiger partial charge >= 0.3 is 0 Å². The molecule has 18 heavy (non-hydrogen) atoms. The predicted octanol–water partition coefficient (Wildman–Crippen LogP) is 0.960. The van der Waals surface area contributed by atoms with E-state index in [0.29, 0.717) is 18.0 Å². The molecule has 0 aromatic heterocycles. The summed E-state index contributed by atoms with van der Waals surface area (Å²) in [5, 5.41) is 3.15. The lowest BCUT2D eigenvalue weighted by Crippen LogP contribution is -2.44. The highest BCUT2D eigenvalue weighted by atomic mass is 16.1. The molecule has 0 radical (unpaired) electrons. The summed E-state index contributed by atoms with van der Waals surface area (Å²) in [6.45, 7) is 4.13. The van der Waals surface area contributed by atoms with E-state index < -0.39 is 0 Å². The Morgan fingerprint density at radius 1 is 1.39 bits per heavy atom. The zero-order valence-electron chi connectivity index (χ0n) is 11.7. The van der Waals surface area contributed by atoms with Crippen LogP contribution in [0.5, 0.6) is 0 Å². The van der Waals surface area contributed by atoms with Crippen LogP contribution in [-0.4, -0.2) is 43.0 Å². The van der Waals surface area contributed by atoms with Gasteiger partial charge in [0.1, 0.15) is 0 Å².